The molecule has 0 spiro atoms. The van der Waals surface area contributed by atoms with Crippen molar-refractivity contribution in [3.8, 4) is 22.8 Å². The number of aromatic hydroxyl groups is 1. The van der Waals surface area contributed by atoms with Crippen LogP contribution in [0.25, 0.3) is 23.2 Å². The molecule has 154 valence electrons. The summed E-state index contributed by atoms with van der Waals surface area (Å²) in [5.41, 5.74) is 3.87. The molecule has 2 aromatic heterocycles. The Morgan fingerprint density at radius 2 is 1.93 bits per heavy atom. The number of aromatic nitrogens is 5. The summed E-state index contributed by atoms with van der Waals surface area (Å²) < 4.78 is 1.83. The Balaban J connectivity index is 1.38. The standard InChI is InChI=1S/C23H26N6O/c1-22-6-3-7-23(2,28-22)13-16(12-22)10-17-14-25-21(27-26-17)19-5-4-18(11-20(19)30)29-9-8-24-15-29/h4-5,8-11,14-15,28,30H,3,6-7,12-13H2,1-2H3/b16-10-/t22-,23+/m0/s1. The van der Waals surface area contributed by atoms with Crippen molar-refractivity contribution in [1.82, 2.24) is 30.0 Å². The Hall–Kier alpha value is -3.06. The summed E-state index contributed by atoms with van der Waals surface area (Å²) in [6.45, 7) is 4.64. The fourth-order valence-corrected chi connectivity index (χ4v) is 5.12. The highest BCUT2D eigenvalue weighted by atomic mass is 16.3. The molecule has 1 aromatic carbocycles. The Bertz CT molecular complexity index is 1070. The van der Waals surface area contributed by atoms with E-state index in [0.717, 1.165) is 24.2 Å². The number of hydrogen-bond donors (Lipinski definition) is 2. The summed E-state index contributed by atoms with van der Waals surface area (Å²) in [6.07, 6.45) is 14.8. The van der Waals surface area contributed by atoms with Gasteiger partial charge in [-0.1, -0.05) is 5.57 Å². The summed E-state index contributed by atoms with van der Waals surface area (Å²) in [5, 5.41) is 22.9. The summed E-state index contributed by atoms with van der Waals surface area (Å²) in [7, 11) is 0. The maximum Gasteiger partial charge on any atom is 0.185 e. The first-order valence-electron chi connectivity index (χ1n) is 10.4. The lowest BCUT2D eigenvalue weighted by atomic mass is 9.69. The predicted molar refractivity (Wildman–Crippen MR) is 115 cm³/mol. The first-order chi connectivity index (χ1) is 14.4. The van der Waals surface area contributed by atoms with Crippen molar-refractivity contribution in [2.45, 2.75) is 57.0 Å². The second-order valence-electron chi connectivity index (χ2n) is 9.13. The highest BCUT2D eigenvalue weighted by molar-refractivity contribution is 5.66. The minimum atomic E-state index is 0.112. The number of imidazole rings is 1. The van der Waals surface area contributed by atoms with Crippen LogP contribution in [0.3, 0.4) is 0 Å². The second kappa shape index (κ2) is 7.02. The van der Waals surface area contributed by atoms with Gasteiger partial charge in [0.25, 0.3) is 0 Å². The molecule has 7 heteroatoms. The second-order valence-corrected chi connectivity index (χ2v) is 9.13. The number of piperidine rings is 2. The molecule has 2 aliphatic rings. The topological polar surface area (TPSA) is 88.8 Å². The van der Waals surface area contributed by atoms with E-state index in [2.05, 4.69) is 45.4 Å². The molecule has 0 aliphatic carbocycles. The maximum atomic E-state index is 10.5. The van der Waals surface area contributed by atoms with Gasteiger partial charge in [0.05, 0.1) is 23.8 Å². The lowest BCUT2D eigenvalue weighted by Gasteiger charge is -2.51. The predicted octanol–water partition coefficient (Wildman–Crippen LogP) is 3.90. The number of phenols is 1. The molecule has 2 N–H and O–H groups in total. The van der Waals surface area contributed by atoms with Gasteiger partial charge in [-0.2, -0.15) is 0 Å². The number of hydrogen-bond acceptors (Lipinski definition) is 6. The van der Waals surface area contributed by atoms with E-state index >= 15 is 0 Å². The zero-order valence-corrected chi connectivity index (χ0v) is 17.3. The van der Waals surface area contributed by atoms with Crippen molar-refractivity contribution < 1.29 is 5.11 Å². The molecule has 0 amide bonds. The van der Waals surface area contributed by atoms with Gasteiger partial charge in [-0.25, -0.2) is 9.97 Å². The third-order valence-electron chi connectivity index (χ3n) is 6.25. The number of nitrogens with one attached hydrogen (secondary N) is 1. The quantitative estimate of drug-likeness (QED) is 0.691. The number of rotatable bonds is 3. The molecule has 2 atom stereocenters. The van der Waals surface area contributed by atoms with E-state index in [0.29, 0.717) is 11.4 Å². The molecule has 2 bridgehead atoms. The van der Waals surface area contributed by atoms with Crippen LogP contribution in [0.4, 0.5) is 0 Å². The number of phenolic OH excluding ortho intramolecular Hbond substituents is 1. The SMILES string of the molecule is C[C@]12CCC[C@](C)(C/C(=C\c3cnc(-c4ccc(-n5ccnc5)cc4O)nn3)C1)N2. The molecule has 2 fully saturated rings. The van der Waals surface area contributed by atoms with Gasteiger partial charge in [0, 0.05) is 29.5 Å². The molecule has 0 unspecified atom stereocenters. The van der Waals surface area contributed by atoms with E-state index in [1.165, 1.54) is 24.8 Å². The molecule has 0 radical (unpaired) electrons. The van der Waals surface area contributed by atoms with Gasteiger partial charge in [0.1, 0.15) is 11.4 Å². The lowest BCUT2D eigenvalue weighted by Crippen LogP contribution is -2.61. The Kier molecular flexibility index (Phi) is 4.43. The van der Waals surface area contributed by atoms with Crippen LogP contribution >= 0.6 is 0 Å². The van der Waals surface area contributed by atoms with Gasteiger partial charge in [-0.15, -0.1) is 10.2 Å². The number of benzene rings is 1. The van der Waals surface area contributed by atoms with Crippen LogP contribution in [0, 0.1) is 0 Å². The van der Waals surface area contributed by atoms with Crippen LogP contribution in [0.2, 0.25) is 0 Å². The molecule has 0 saturated carbocycles. The van der Waals surface area contributed by atoms with E-state index < -0.39 is 0 Å². The Labute approximate surface area is 175 Å². The van der Waals surface area contributed by atoms with Crippen LogP contribution in [0.1, 0.15) is 51.6 Å². The van der Waals surface area contributed by atoms with Gasteiger partial charge < -0.3 is 15.0 Å². The largest absolute Gasteiger partial charge is 0.507 e. The highest BCUT2D eigenvalue weighted by Crippen LogP contribution is 2.42. The third-order valence-corrected chi connectivity index (χ3v) is 6.25. The van der Waals surface area contributed by atoms with Crippen molar-refractivity contribution in [2.24, 2.45) is 0 Å². The average Bonchev–Trinajstić information content (AvgIpc) is 3.22. The molecule has 5 rings (SSSR count). The zero-order chi connectivity index (χ0) is 20.8. The maximum absolute atomic E-state index is 10.5. The summed E-state index contributed by atoms with van der Waals surface area (Å²) in [5.74, 6) is 0.522. The van der Waals surface area contributed by atoms with E-state index in [9.17, 15) is 5.11 Å². The first-order valence-corrected chi connectivity index (χ1v) is 10.4. The fraction of sp³-hybridized carbons (Fsp3) is 0.391. The van der Waals surface area contributed by atoms with Crippen LogP contribution in [-0.2, 0) is 0 Å². The zero-order valence-electron chi connectivity index (χ0n) is 17.3. The van der Waals surface area contributed by atoms with E-state index in [4.69, 9.17) is 0 Å². The van der Waals surface area contributed by atoms with E-state index in [-0.39, 0.29) is 16.8 Å². The summed E-state index contributed by atoms with van der Waals surface area (Å²) >= 11 is 0. The van der Waals surface area contributed by atoms with E-state index in [1.54, 1.807) is 30.9 Å². The molecule has 2 aliphatic heterocycles. The minimum absolute atomic E-state index is 0.112. The lowest BCUT2D eigenvalue weighted by molar-refractivity contribution is 0.124. The average molecular weight is 403 g/mol. The monoisotopic (exact) mass is 402 g/mol. The van der Waals surface area contributed by atoms with Gasteiger partial charge in [-0.05, 0) is 64.2 Å². The minimum Gasteiger partial charge on any atom is -0.507 e. The van der Waals surface area contributed by atoms with Crippen molar-refractivity contribution in [1.29, 1.82) is 0 Å². The summed E-state index contributed by atoms with van der Waals surface area (Å²) in [4.78, 5) is 8.49. The normalized spacial score (nSPS) is 27.3. The molecule has 30 heavy (non-hydrogen) atoms. The molecule has 2 saturated heterocycles. The third kappa shape index (κ3) is 3.61. The van der Waals surface area contributed by atoms with Gasteiger partial charge in [0.2, 0.25) is 0 Å². The van der Waals surface area contributed by atoms with Gasteiger partial charge in [-0.3, -0.25) is 0 Å². The van der Waals surface area contributed by atoms with Crippen LogP contribution in [-0.4, -0.2) is 40.9 Å². The molecule has 4 heterocycles. The van der Waals surface area contributed by atoms with Crippen molar-refractivity contribution in [3.05, 3.63) is 54.4 Å². The van der Waals surface area contributed by atoms with E-state index in [1.807, 2.05) is 16.8 Å². The molecular formula is C23H26N6O. The fourth-order valence-electron chi connectivity index (χ4n) is 5.12. The van der Waals surface area contributed by atoms with Crippen molar-refractivity contribution >= 4 is 6.08 Å². The van der Waals surface area contributed by atoms with Crippen LogP contribution in [0.15, 0.2) is 48.7 Å². The highest BCUT2D eigenvalue weighted by Gasteiger charge is 2.43. The summed E-state index contributed by atoms with van der Waals surface area (Å²) in [6, 6.07) is 5.37. The Morgan fingerprint density at radius 3 is 2.57 bits per heavy atom. The number of fused-ring (bicyclic) bond motifs is 2. The van der Waals surface area contributed by atoms with Crippen molar-refractivity contribution in [2.75, 3.05) is 0 Å². The molecule has 7 nitrogen and oxygen atoms in total. The van der Waals surface area contributed by atoms with Crippen molar-refractivity contribution in [3.63, 3.8) is 0 Å². The molecule has 3 aromatic rings. The van der Waals surface area contributed by atoms with Gasteiger partial charge in [0.15, 0.2) is 5.82 Å². The number of nitrogens with zero attached hydrogens (tertiary/aromatic N) is 5. The Morgan fingerprint density at radius 1 is 1.13 bits per heavy atom. The first kappa shape index (κ1) is 18.9. The van der Waals surface area contributed by atoms with Crippen LogP contribution in [0.5, 0.6) is 5.75 Å². The molecular weight excluding hydrogens is 376 g/mol. The van der Waals surface area contributed by atoms with Crippen LogP contribution < -0.4 is 5.32 Å². The smallest absolute Gasteiger partial charge is 0.185 e. The van der Waals surface area contributed by atoms with Gasteiger partial charge >= 0.3 is 0 Å².